The number of fused-ring (bicyclic) bond motifs is 1. The molecule has 20 heavy (non-hydrogen) atoms. The molecule has 0 spiro atoms. The summed E-state index contributed by atoms with van der Waals surface area (Å²) in [7, 11) is 0. The SMILES string of the molecule is CC1CCNC(C)(C)CN1Cc1cn2ccccc2n1. The molecule has 4 heteroatoms. The van der Waals surface area contributed by atoms with Gasteiger partial charge in [0.25, 0.3) is 0 Å². The Labute approximate surface area is 120 Å². The van der Waals surface area contributed by atoms with Gasteiger partial charge in [0.2, 0.25) is 0 Å². The average molecular weight is 272 g/mol. The first-order chi connectivity index (χ1) is 9.53. The van der Waals surface area contributed by atoms with Crippen LogP contribution in [0.1, 0.15) is 32.9 Å². The smallest absolute Gasteiger partial charge is 0.137 e. The summed E-state index contributed by atoms with van der Waals surface area (Å²) in [5, 5.41) is 3.63. The Balaban J connectivity index is 1.81. The molecule has 1 saturated heterocycles. The van der Waals surface area contributed by atoms with Crippen LogP contribution in [0, 0.1) is 0 Å². The third kappa shape index (κ3) is 2.86. The van der Waals surface area contributed by atoms with E-state index in [9.17, 15) is 0 Å². The number of hydrogen-bond acceptors (Lipinski definition) is 3. The second kappa shape index (κ2) is 5.19. The van der Waals surface area contributed by atoms with E-state index < -0.39 is 0 Å². The summed E-state index contributed by atoms with van der Waals surface area (Å²) in [4.78, 5) is 7.26. The second-order valence-corrected chi connectivity index (χ2v) is 6.55. The molecule has 0 aliphatic carbocycles. The van der Waals surface area contributed by atoms with Crippen molar-refractivity contribution in [2.45, 2.75) is 45.3 Å². The van der Waals surface area contributed by atoms with Crippen LogP contribution in [0.25, 0.3) is 5.65 Å². The van der Waals surface area contributed by atoms with Crippen molar-refractivity contribution >= 4 is 5.65 Å². The zero-order chi connectivity index (χ0) is 14.2. The fourth-order valence-corrected chi connectivity index (χ4v) is 3.00. The molecule has 2 aromatic heterocycles. The van der Waals surface area contributed by atoms with E-state index in [0.29, 0.717) is 6.04 Å². The Hall–Kier alpha value is -1.39. The van der Waals surface area contributed by atoms with Crippen molar-refractivity contribution in [3.05, 3.63) is 36.3 Å². The minimum atomic E-state index is 0.171. The molecule has 3 heterocycles. The molecule has 108 valence electrons. The number of nitrogens with zero attached hydrogens (tertiary/aromatic N) is 3. The zero-order valence-electron chi connectivity index (χ0n) is 12.6. The summed E-state index contributed by atoms with van der Waals surface area (Å²) in [5.74, 6) is 0. The fraction of sp³-hybridized carbons (Fsp3) is 0.562. The first-order valence-corrected chi connectivity index (χ1v) is 7.45. The van der Waals surface area contributed by atoms with Crippen LogP contribution in [0.15, 0.2) is 30.6 Å². The van der Waals surface area contributed by atoms with Crippen LogP contribution >= 0.6 is 0 Å². The van der Waals surface area contributed by atoms with Gasteiger partial charge in [0.05, 0.1) is 5.69 Å². The lowest BCUT2D eigenvalue weighted by Gasteiger charge is -2.32. The molecule has 0 amide bonds. The fourth-order valence-electron chi connectivity index (χ4n) is 3.00. The van der Waals surface area contributed by atoms with Crippen LogP contribution in [0.5, 0.6) is 0 Å². The number of rotatable bonds is 2. The highest BCUT2D eigenvalue weighted by Crippen LogP contribution is 2.18. The molecule has 0 radical (unpaired) electrons. The largest absolute Gasteiger partial charge is 0.310 e. The second-order valence-electron chi connectivity index (χ2n) is 6.55. The molecule has 1 fully saturated rings. The normalized spacial score (nSPS) is 23.9. The molecule has 1 atom stereocenters. The Morgan fingerprint density at radius 3 is 3.05 bits per heavy atom. The van der Waals surface area contributed by atoms with Crippen molar-refractivity contribution in [1.82, 2.24) is 19.6 Å². The molecule has 1 unspecified atom stereocenters. The van der Waals surface area contributed by atoms with Gasteiger partial charge in [-0.25, -0.2) is 4.98 Å². The quantitative estimate of drug-likeness (QED) is 0.910. The van der Waals surface area contributed by atoms with Gasteiger partial charge in [-0.1, -0.05) is 6.07 Å². The maximum Gasteiger partial charge on any atom is 0.137 e. The summed E-state index contributed by atoms with van der Waals surface area (Å²) >= 11 is 0. The topological polar surface area (TPSA) is 32.6 Å². The lowest BCUT2D eigenvalue weighted by molar-refractivity contribution is 0.171. The van der Waals surface area contributed by atoms with Gasteiger partial charge in [0.15, 0.2) is 0 Å². The first kappa shape index (κ1) is 13.6. The number of nitrogens with one attached hydrogen (secondary N) is 1. The standard InChI is InChI=1S/C16H24N4/c1-13-7-8-17-16(2,3)12-20(13)11-14-10-19-9-5-4-6-15(19)18-14/h4-6,9-10,13,17H,7-8,11-12H2,1-3H3. The van der Waals surface area contributed by atoms with Gasteiger partial charge in [-0.15, -0.1) is 0 Å². The van der Waals surface area contributed by atoms with Crippen LogP contribution in [-0.2, 0) is 6.54 Å². The molecular formula is C16H24N4. The minimum Gasteiger partial charge on any atom is -0.310 e. The number of imidazole rings is 1. The number of hydrogen-bond donors (Lipinski definition) is 1. The lowest BCUT2D eigenvalue weighted by atomic mass is 10.1. The Bertz CT molecular complexity index is 554. The summed E-state index contributed by atoms with van der Waals surface area (Å²) in [6, 6.07) is 6.73. The van der Waals surface area contributed by atoms with Gasteiger partial charge in [0.1, 0.15) is 5.65 Å². The first-order valence-electron chi connectivity index (χ1n) is 7.45. The van der Waals surface area contributed by atoms with Gasteiger partial charge < -0.3 is 9.72 Å². The Morgan fingerprint density at radius 2 is 2.25 bits per heavy atom. The van der Waals surface area contributed by atoms with Crippen LogP contribution in [0.3, 0.4) is 0 Å². The van der Waals surface area contributed by atoms with Gasteiger partial charge in [0, 0.05) is 37.1 Å². The summed E-state index contributed by atoms with van der Waals surface area (Å²) in [6.07, 6.45) is 5.40. The Morgan fingerprint density at radius 1 is 1.40 bits per heavy atom. The number of pyridine rings is 1. The summed E-state index contributed by atoms with van der Waals surface area (Å²) < 4.78 is 2.10. The Kier molecular flexibility index (Phi) is 3.52. The van der Waals surface area contributed by atoms with Crippen LogP contribution in [0.2, 0.25) is 0 Å². The van der Waals surface area contributed by atoms with Crippen LogP contribution < -0.4 is 5.32 Å². The van der Waals surface area contributed by atoms with E-state index in [4.69, 9.17) is 4.98 Å². The van der Waals surface area contributed by atoms with Crippen molar-refractivity contribution in [3.63, 3.8) is 0 Å². The summed E-state index contributed by atoms with van der Waals surface area (Å²) in [6.45, 7) is 9.95. The molecule has 1 aliphatic rings. The van der Waals surface area contributed by atoms with Gasteiger partial charge >= 0.3 is 0 Å². The van der Waals surface area contributed by atoms with E-state index in [1.165, 1.54) is 6.42 Å². The van der Waals surface area contributed by atoms with Crippen molar-refractivity contribution < 1.29 is 0 Å². The minimum absolute atomic E-state index is 0.171. The molecule has 2 aromatic rings. The maximum absolute atomic E-state index is 4.72. The van der Waals surface area contributed by atoms with E-state index in [1.54, 1.807) is 0 Å². The zero-order valence-corrected chi connectivity index (χ0v) is 12.6. The van der Waals surface area contributed by atoms with E-state index in [0.717, 1.165) is 31.0 Å². The average Bonchev–Trinajstić information content (AvgIpc) is 2.73. The van der Waals surface area contributed by atoms with Crippen molar-refractivity contribution in [1.29, 1.82) is 0 Å². The molecular weight excluding hydrogens is 248 g/mol. The highest BCUT2D eigenvalue weighted by Gasteiger charge is 2.28. The van der Waals surface area contributed by atoms with Crippen LogP contribution in [-0.4, -0.2) is 39.0 Å². The van der Waals surface area contributed by atoms with E-state index >= 15 is 0 Å². The van der Waals surface area contributed by atoms with Crippen molar-refractivity contribution in [2.75, 3.05) is 13.1 Å². The molecule has 0 bridgehead atoms. The van der Waals surface area contributed by atoms with Gasteiger partial charge in [-0.2, -0.15) is 0 Å². The monoisotopic (exact) mass is 272 g/mol. The number of aromatic nitrogens is 2. The molecule has 0 saturated carbocycles. The molecule has 3 rings (SSSR count). The van der Waals surface area contributed by atoms with E-state index in [2.05, 4.69) is 53.8 Å². The van der Waals surface area contributed by atoms with Gasteiger partial charge in [-0.05, 0) is 45.9 Å². The highest BCUT2D eigenvalue weighted by atomic mass is 15.2. The van der Waals surface area contributed by atoms with Crippen molar-refractivity contribution in [2.24, 2.45) is 0 Å². The highest BCUT2D eigenvalue weighted by molar-refractivity contribution is 5.39. The molecule has 1 N–H and O–H groups in total. The van der Waals surface area contributed by atoms with E-state index in [-0.39, 0.29) is 5.54 Å². The predicted molar refractivity (Wildman–Crippen MR) is 81.8 cm³/mol. The summed E-state index contributed by atoms with van der Waals surface area (Å²) in [5.41, 5.74) is 2.35. The maximum atomic E-state index is 4.72. The predicted octanol–water partition coefficient (Wildman–Crippen LogP) is 2.30. The van der Waals surface area contributed by atoms with Gasteiger partial charge in [-0.3, -0.25) is 4.90 Å². The third-order valence-corrected chi connectivity index (χ3v) is 4.17. The molecule has 0 aromatic carbocycles. The van der Waals surface area contributed by atoms with Crippen molar-refractivity contribution in [3.8, 4) is 0 Å². The van der Waals surface area contributed by atoms with Crippen LogP contribution in [0.4, 0.5) is 0 Å². The lowest BCUT2D eigenvalue weighted by Crippen LogP contribution is -2.47. The third-order valence-electron chi connectivity index (χ3n) is 4.17. The molecule has 4 nitrogen and oxygen atoms in total. The molecule has 1 aliphatic heterocycles. The van der Waals surface area contributed by atoms with E-state index in [1.807, 2.05) is 12.1 Å².